The second-order valence-corrected chi connectivity index (χ2v) is 12.5. The number of primary amides is 1. The molecule has 2 N–H and O–H groups in total. The maximum absolute atomic E-state index is 13.7. The summed E-state index contributed by atoms with van der Waals surface area (Å²) in [7, 11) is -0.472. The molecule has 0 saturated carbocycles. The molecule has 2 aliphatic heterocycles. The van der Waals surface area contributed by atoms with Crippen LogP contribution in [0.15, 0.2) is 41.3 Å². The lowest BCUT2D eigenvalue weighted by Gasteiger charge is -2.37. The average Bonchev–Trinajstić information content (AvgIpc) is 3.26. The van der Waals surface area contributed by atoms with E-state index in [0.717, 1.165) is 35.6 Å². The Labute approximate surface area is 228 Å². The van der Waals surface area contributed by atoms with Crippen molar-refractivity contribution in [1.29, 1.82) is 0 Å². The van der Waals surface area contributed by atoms with Crippen LogP contribution in [0.2, 0.25) is 5.02 Å². The number of likely N-dealkylation sites (N-methyl/N-ethyl adjacent to an activating group) is 1. The maximum atomic E-state index is 13.7. The Balaban J connectivity index is 1.56. The minimum atomic E-state index is -4.27. The highest BCUT2D eigenvalue weighted by Gasteiger charge is 2.45. The summed E-state index contributed by atoms with van der Waals surface area (Å²) in [4.78, 5) is 44.0. The molecular formula is C26H34ClN5O5S. The molecule has 2 aromatic carbocycles. The highest BCUT2D eigenvalue weighted by Crippen LogP contribution is 2.29. The van der Waals surface area contributed by atoms with Crippen molar-refractivity contribution >= 4 is 50.1 Å². The van der Waals surface area contributed by atoms with Gasteiger partial charge in [-0.25, -0.2) is 8.42 Å². The van der Waals surface area contributed by atoms with Crippen molar-refractivity contribution < 1.29 is 22.8 Å². The Morgan fingerprint density at radius 3 is 2.37 bits per heavy atom. The molecule has 10 nitrogen and oxygen atoms in total. The fourth-order valence-electron chi connectivity index (χ4n) is 5.34. The maximum Gasteiger partial charge on any atom is 0.245 e. The van der Waals surface area contributed by atoms with E-state index >= 15 is 0 Å². The van der Waals surface area contributed by atoms with Gasteiger partial charge in [-0.3, -0.25) is 14.4 Å². The number of hydrogen-bond acceptors (Lipinski definition) is 6. The van der Waals surface area contributed by atoms with Crippen molar-refractivity contribution in [2.75, 3.05) is 40.3 Å². The molecule has 206 valence electrons. The summed E-state index contributed by atoms with van der Waals surface area (Å²) in [6, 6.07) is 7.78. The molecule has 0 spiro atoms. The summed E-state index contributed by atoms with van der Waals surface area (Å²) >= 11 is 6.04. The number of nitrogens with two attached hydrogens (primary N) is 1. The van der Waals surface area contributed by atoms with E-state index in [9.17, 15) is 22.8 Å². The van der Waals surface area contributed by atoms with Crippen molar-refractivity contribution in [3.8, 4) is 0 Å². The van der Waals surface area contributed by atoms with Crippen LogP contribution in [0.5, 0.6) is 0 Å². The number of likely N-dealkylation sites (tertiary alicyclic amines) is 2. The SMILES string of the molecule is C[C@@H](C(=O)N(C)C1CCN(C)CC1)N1CC[C@H](N(CC(N)=O)S(=O)(=O)c2ccc3cc(Cl)ccc3c2)C1=O. The van der Waals surface area contributed by atoms with E-state index in [-0.39, 0.29) is 29.8 Å². The van der Waals surface area contributed by atoms with Crippen LogP contribution in [-0.4, -0.2) is 104 Å². The highest BCUT2D eigenvalue weighted by molar-refractivity contribution is 7.89. The number of halogens is 1. The molecule has 0 aliphatic carbocycles. The van der Waals surface area contributed by atoms with Gasteiger partial charge in [0.1, 0.15) is 12.1 Å². The van der Waals surface area contributed by atoms with E-state index < -0.39 is 40.5 Å². The Kier molecular flexibility index (Phi) is 8.32. The number of carbonyl (C=O) groups is 3. The molecule has 2 aromatic rings. The van der Waals surface area contributed by atoms with E-state index in [1.54, 1.807) is 43.1 Å². The summed E-state index contributed by atoms with van der Waals surface area (Å²) in [5.74, 6) is -1.58. The predicted octanol–water partition coefficient (Wildman–Crippen LogP) is 1.51. The molecule has 4 rings (SSSR count). The summed E-state index contributed by atoms with van der Waals surface area (Å²) in [5, 5.41) is 1.91. The van der Waals surface area contributed by atoms with E-state index in [1.807, 2.05) is 7.05 Å². The number of hydrogen-bond donors (Lipinski definition) is 1. The standard InChI is InChI=1S/C26H34ClN5O5S/c1-17(25(34)30(3)21-8-11-29(2)12-9-21)31-13-10-23(26(31)35)32(16-24(28)33)38(36,37)22-7-5-18-14-20(27)6-4-19(18)15-22/h4-7,14-15,17,21,23H,8-13,16H2,1-3H3,(H2,28,33)/t17-,23-/m0/s1. The van der Waals surface area contributed by atoms with Crippen LogP contribution in [0.25, 0.3) is 10.8 Å². The highest BCUT2D eigenvalue weighted by atomic mass is 35.5. The second-order valence-electron chi connectivity index (χ2n) is 10.2. The van der Waals surface area contributed by atoms with Crippen LogP contribution in [0.1, 0.15) is 26.2 Å². The summed E-state index contributed by atoms with van der Waals surface area (Å²) < 4.78 is 28.3. The fraction of sp³-hybridized carbons (Fsp3) is 0.500. The minimum absolute atomic E-state index is 0.0639. The van der Waals surface area contributed by atoms with Gasteiger partial charge in [0, 0.05) is 24.7 Å². The Hall–Kier alpha value is -2.73. The lowest BCUT2D eigenvalue weighted by atomic mass is 10.0. The molecule has 38 heavy (non-hydrogen) atoms. The van der Waals surface area contributed by atoms with Crippen LogP contribution >= 0.6 is 11.6 Å². The van der Waals surface area contributed by atoms with Gasteiger partial charge in [-0.2, -0.15) is 4.31 Å². The number of piperidine rings is 1. The van der Waals surface area contributed by atoms with Gasteiger partial charge in [0.15, 0.2) is 0 Å². The normalized spacial score (nSPS) is 20.3. The first-order valence-electron chi connectivity index (χ1n) is 12.7. The zero-order valence-corrected chi connectivity index (χ0v) is 23.4. The fourth-order valence-corrected chi connectivity index (χ4v) is 7.13. The zero-order valence-electron chi connectivity index (χ0n) is 21.8. The van der Waals surface area contributed by atoms with Gasteiger partial charge in [-0.15, -0.1) is 0 Å². The molecular weight excluding hydrogens is 530 g/mol. The molecule has 2 aliphatic rings. The van der Waals surface area contributed by atoms with Gasteiger partial charge in [0.25, 0.3) is 0 Å². The predicted molar refractivity (Wildman–Crippen MR) is 145 cm³/mol. The number of benzene rings is 2. The molecule has 0 unspecified atom stereocenters. The van der Waals surface area contributed by atoms with E-state index in [1.165, 1.54) is 17.0 Å². The van der Waals surface area contributed by atoms with Crippen molar-refractivity contribution in [2.24, 2.45) is 5.73 Å². The first kappa shape index (κ1) is 28.3. The van der Waals surface area contributed by atoms with Crippen LogP contribution in [0.4, 0.5) is 0 Å². The minimum Gasteiger partial charge on any atom is -0.369 e. The van der Waals surface area contributed by atoms with Gasteiger partial charge in [0.05, 0.1) is 11.4 Å². The van der Waals surface area contributed by atoms with Gasteiger partial charge >= 0.3 is 0 Å². The van der Waals surface area contributed by atoms with E-state index in [2.05, 4.69) is 4.90 Å². The molecule has 2 saturated heterocycles. The quantitative estimate of drug-likeness (QED) is 0.519. The second kappa shape index (κ2) is 11.2. The average molecular weight is 564 g/mol. The summed E-state index contributed by atoms with van der Waals surface area (Å²) in [6.07, 6.45) is 1.85. The molecule has 0 aromatic heterocycles. The molecule has 2 heterocycles. The first-order chi connectivity index (χ1) is 17.9. The van der Waals surface area contributed by atoms with Crippen molar-refractivity contribution in [3.63, 3.8) is 0 Å². The van der Waals surface area contributed by atoms with Crippen LogP contribution in [0, 0.1) is 0 Å². The van der Waals surface area contributed by atoms with Gasteiger partial charge in [0.2, 0.25) is 27.7 Å². The molecule has 0 radical (unpaired) electrons. The zero-order chi connectivity index (χ0) is 27.8. The molecule has 2 atom stereocenters. The first-order valence-corrected chi connectivity index (χ1v) is 14.5. The molecule has 12 heteroatoms. The number of fused-ring (bicyclic) bond motifs is 1. The largest absolute Gasteiger partial charge is 0.369 e. The van der Waals surface area contributed by atoms with Gasteiger partial charge < -0.3 is 20.4 Å². The third kappa shape index (κ3) is 5.66. The topological polar surface area (TPSA) is 124 Å². The third-order valence-corrected chi connectivity index (χ3v) is 9.75. The van der Waals surface area contributed by atoms with E-state index in [4.69, 9.17) is 17.3 Å². The summed E-state index contributed by atoms with van der Waals surface area (Å²) in [5.41, 5.74) is 5.41. The lowest BCUT2D eigenvalue weighted by molar-refractivity contribution is -0.145. The monoisotopic (exact) mass is 563 g/mol. The van der Waals surface area contributed by atoms with Crippen LogP contribution < -0.4 is 5.73 Å². The van der Waals surface area contributed by atoms with Crippen LogP contribution in [-0.2, 0) is 24.4 Å². The van der Waals surface area contributed by atoms with E-state index in [0.29, 0.717) is 10.4 Å². The van der Waals surface area contributed by atoms with Crippen molar-refractivity contribution in [1.82, 2.24) is 19.0 Å². The smallest absolute Gasteiger partial charge is 0.245 e. The summed E-state index contributed by atoms with van der Waals surface area (Å²) in [6.45, 7) is 2.99. The van der Waals surface area contributed by atoms with Gasteiger partial charge in [-0.1, -0.05) is 23.7 Å². The van der Waals surface area contributed by atoms with Crippen molar-refractivity contribution in [3.05, 3.63) is 41.4 Å². The molecule has 3 amide bonds. The number of sulfonamides is 1. The number of amides is 3. The number of carbonyl (C=O) groups excluding carboxylic acids is 3. The van der Waals surface area contributed by atoms with Crippen molar-refractivity contribution in [2.45, 2.75) is 49.2 Å². The third-order valence-electron chi connectivity index (χ3n) is 7.66. The number of nitrogens with zero attached hydrogens (tertiary/aromatic N) is 4. The molecule has 2 fully saturated rings. The van der Waals surface area contributed by atoms with Gasteiger partial charge in [-0.05, 0) is 81.4 Å². The lowest BCUT2D eigenvalue weighted by Crippen LogP contribution is -2.54. The Bertz CT molecular complexity index is 1340. The Morgan fingerprint density at radius 1 is 1.08 bits per heavy atom. The number of rotatable bonds is 8. The van der Waals surface area contributed by atoms with Crippen LogP contribution in [0.3, 0.4) is 0 Å². The molecule has 0 bridgehead atoms. The Morgan fingerprint density at radius 2 is 1.71 bits per heavy atom.